The monoisotopic (exact) mass is 252 g/mol. The third kappa shape index (κ3) is 2.88. The van der Waals surface area contributed by atoms with Crippen molar-refractivity contribution in [1.82, 2.24) is 15.3 Å². The van der Waals surface area contributed by atoms with Gasteiger partial charge in [-0.25, -0.2) is 4.98 Å². The van der Waals surface area contributed by atoms with Gasteiger partial charge < -0.3 is 11.1 Å². The maximum atomic E-state index is 11.9. The Kier molecular flexibility index (Phi) is 3.83. The van der Waals surface area contributed by atoms with Crippen molar-refractivity contribution in [2.24, 2.45) is 0 Å². The summed E-state index contributed by atoms with van der Waals surface area (Å²) < 4.78 is 0. The molecule has 0 saturated heterocycles. The maximum Gasteiger partial charge on any atom is 0.271 e. The predicted molar refractivity (Wildman–Crippen MR) is 68.9 cm³/mol. The van der Waals surface area contributed by atoms with E-state index in [1.807, 2.05) is 0 Å². The summed E-state index contributed by atoms with van der Waals surface area (Å²) in [6, 6.07) is 0.237. The van der Waals surface area contributed by atoms with Crippen molar-refractivity contribution in [2.45, 2.75) is 30.6 Å². The molecule has 2 unspecified atom stereocenters. The molecule has 1 saturated carbocycles. The number of nitrogens with zero attached hydrogens (tertiary/aromatic N) is 2. The Hall–Kier alpha value is -1.30. The summed E-state index contributed by atoms with van der Waals surface area (Å²) in [5.41, 5.74) is 5.79. The topological polar surface area (TPSA) is 80.9 Å². The van der Waals surface area contributed by atoms with E-state index in [4.69, 9.17) is 5.73 Å². The summed E-state index contributed by atoms with van der Waals surface area (Å²) >= 11 is 1.81. The molecule has 1 aromatic heterocycles. The van der Waals surface area contributed by atoms with Crippen LogP contribution in [-0.2, 0) is 0 Å². The molecule has 1 amide bonds. The van der Waals surface area contributed by atoms with Crippen LogP contribution >= 0.6 is 11.8 Å². The largest absolute Gasteiger partial charge is 0.382 e. The minimum absolute atomic E-state index is 0.184. The van der Waals surface area contributed by atoms with Crippen LogP contribution in [0.2, 0.25) is 0 Å². The minimum Gasteiger partial charge on any atom is -0.382 e. The lowest BCUT2D eigenvalue weighted by molar-refractivity contribution is 0.0933. The van der Waals surface area contributed by atoms with Gasteiger partial charge in [-0.2, -0.15) is 11.8 Å². The first kappa shape index (κ1) is 12.2. The number of carbonyl (C=O) groups is 1. The van der Waals surface area contributed by atoms with Crippen molar-refractivity contribution in [3.8, 4) is 0 Å². The van der Waals surface area contributed by atoms with E-state index in [-0.39, 0.29) is 23.5 Å². The van der Waals surface area contributed by atoms with Gasteiger partial charge in [0.2, 0.25) is 0 Å². The molecule has 1 fully saturated rings. The third-order valence-electron chi connectivity index (χ3n) is 2.96. The normalized spacial score (nSPS) is 23.6. The molecule has 0 bridgehead atoms. The van der Waals surface area contributed by atoms with E-state index in [0.29, 0.717) is 5.25 Å². The molecule has 1 aliphatic rings. The Morgan fingerprint density at radius 3 is 3.06 bits per heavy atom. The zero-order chi connectivity index (χ0) is 12.3. The summed E-state index contributed by atoms with van der Waals surface area (Å²) in [6.45, 7) is 0. The van der Waals surface area contributed by atoms with Gasteiger partial charge in [-0.15, -0.1) is 0 Å². The zero-order valence-corrected chi connectivity index (χ0v) is 10.5. The Balaban J connectivity index is 2.01. The van der Waals surface area contributed by atoms with Crippen molar-refractivity contribution in [3.05, 3.63) is 18.1 Å². The minimum atomic E-state index is -0.184. The number of amides is 1. The molecule has 2 atom stereocenters. The van der Waals surface area contributed by atoms with Crippen LogP contribution in [-0.4, -0.2) is 33.4 Å². The second kappa shape index (κ2) is 5.35. The summed E-state index contributed by atoms with van der Waals surface area (Å²) in [5.74, 6) is 0.0845. The second-order valence-electron chi connectivity index (χ2n) is 4.11. The molecular formula is C11H16N4OS. The first-order chi connectivity index (χ1) is 8.20. The lowest BCUT2D eigenvalue weighted by Crippen LogP contribution is -2.39. The summed E-state index contributed by atoms with van der Waals surface area (Å²) in [7, 11) is 0. The van der Waals surface area contributed by atoms with Crippen molar-refractivity contribution in [1.29, 1.82) is 0 Å². The Labute approximate surface area is 105 Å². The highest BCUT2D eigenvalue weighted by Gasteiger charge is 2.28. The first-order valence-electron chi connectivity index (χ1n) is 5.62. The highest BCUT2D eigenvalue weighted by Crippen LogP contribution is 2.28. The van der Waals surface area contributed by atoms with Gasteiger partial charge in [0.25, 0.3) is 5.91 Å². The molecule has 0 spiro atoms. The molecule has 1 aromatic rings. The fraction of sp³-hybridized carbons (Fsp3) is 0.545. The highest BCUT2D eigenvalue weighted by atomic mass is 32.2. The van der Waals surface area contributed by atoms with Gasteiger partial charge in [-0.05, 0) is 19.1 Å². The fourth-order valence-electron chi connectivity index (χ4n) is 2.11. The number of nitrogens with one attached hydrogen (secondary N) is 1. The molecule has 17 heavy (non-hydrogen) atoms. The third-order valence-corrected chi connectivity index (χ3v) is 4.13. The van der Waals surface area contributed by atoms with E-state index in [0.717, 1.165) is 12.8 Å². The molecule has 92 valence electrons. The maximum absolute atomic E-state index is 11.9. The van der Waals surface area contributed by atoms with Crippen LogP contribution in [0.3, 0.4) is 0 Å². The van der Waals surface area contributed by atoms with E-state index >= 15 is 0 Å². The second-order valence-corrected chi connectivity index (χ2v) is 5.19. The van der Waals surface area contributed by atoms with Gasteiger partial charge in [-0.1, -0.05) is 6.42 Å². The number of thioether (sulfide) groups is 1. The Morgan fingerprint density at radius 2 is 2.35 bits per heavy atom. The number of aromatic nitrogens is 2. The average molecular weight is 252 g/mol. The summed E-state index contributed by atoms with van der Waals surface area (Å²) in [4.78, 5) is 19.8. The number of carbonyl (C=O) groups excluding carboxylic acids is 1. The van der Waals surface area contributed by atoms with Crippen LogP contribution in [0.15, 0.2) is 12.4 Å². The van der Waals surface area contributed by atoms with Crippen LogP contribution in [0.1, 0.15) is 29.8 Å². The zero-order valence-electron chi connectivity index (χ0n) is 9.72. The van der Waals surface area contributed by atoms with Gasteiger partial charge >= 0.3 is 0 Å². The SMILES string of the molecule is CSC1CCCC1NC(=O)c1cncc(N)n1. The smallest absolute Gasteiger partial charge is 0.271 e. The molecule has 1 heterocycles. The Bertz CT molecular complexity index is 412. The Morgan fingerprint density at radius 1 is 1.53 bits per heavy atom. The van der Waals surface area contributed by atoms with E-state index in [9.17, 15) is 4.79 Å². The van der Waals surface area contributed by atoms with Gasteiger partial charge in [0.1, 0.15) is 11.5 Å². The van der Waals surface area contributed by atoms with Crippen molar-refractivity contribution in [3.63, 3.8) is 0 Å². The number of nitrogens with two attached hydrogens (primary N) is 1. The molecule has 2 rings (SSSR count). The van der Waals surface area contributed by atoms with Gasteiger partial charge in [-0.3, -0.25) is 9.78 Å². The number of hydrogen-bond acceptors (Lipinski definition) is 5. The molecule has 0 radical (unpaired) electrons. The molecule has 6 heteroatoms. The fourth-order valence-corrected chi connectivity index (χ4v) is 3.04. The van der Waals surface area contributed by atoms with Gasteiger partial charge in [0.05, 0.1) is 12.4 Å². The quantitative estimate of drug-likeness (QED) is 0.841. The van der Waals surface area contributed by atoms with Gasteiger partial charge in [0, 0.05) is 11.3 Å². The van der Waals surface area contributed by atoms with Crippen LogP contribution in [0.25, 0.3) is 0 Å². The average Bonchev–Trinajstić information content (AvgIpc) is 2.76. The van der Waals surface area contributed by atoms with Crippen LogP contribution in [0, 0.1) is 0 Å². The molecule has 0 aliphatic heterocycles. The highest BCUT2D eigenvalue weighted by molar-refractivity contribution is 7.99. The lowest BCUT2D eigenvalue weighted by atomic mass is 10.2. The van der Waals surface area contributed by atoms with E-state index < -0.39 is 0 Å². The van der Waals surface area contributed by atoms with E-state index in [1.165, 1.54) is 18.8 Å². The molecular weight excluding hydrogens is 236 g/mol. The summed E-state index contributed by atoms with van der Waals surface area (Å²) in [5, 5.41) is 3.51. The predicted octanol–water partition coefficient (Wildman–Crippen LogP) is 1.07. The van der Waals surface area contributed by atoms with Gasteiger partial charge in [0.15, 0.2) is 0 Å². The molecule has 3 N–H and O–H groups in total. The number of anilines is 1. The van der Waals surface area contributed by atoms with E-state index in [1.54, 1.807) is 11.8 Å². The number of rotatable bonds is 3. The van der Waals surface area contributed by atoms with E-state index in [2.05, 4.69) is 21.5 Å². The standard InChI is InChI=1S/C11H16N4OS/c1-17-9-4-2-3-7(9)15-11(16)8-5-13-6-10(12)14-8/h5-7,9H,2-4H2,1H3,(H2,12,14)(H,15,16). The molecule has 5 nitrogen and oxygen atoms in total. The van der Waals surface area contributed by atoms with Crippen LogP contribution in [0.4, 0.5) is 5.82 Å². The first-order valence-corrected chi connectivity index (χ1v) is 6.90. The van der Waals surface area contributed by atoms with Crippen molar-refractivity contribution in [2.75, 3.05) is 12.0 Å². The van der Waals surface area contributed by atoms with Crippen molar-refractivity contribution >= 4 is 23.5 Å². The van der Waals surface area contributed by atoms with Crippen molar-refractivity contribution < 1.29 is 4.79 Å². The van der Waals surface area contributed by atoms with Crippen LogP contribution in [0.5, 0.6) is 0 Å². The molecule has 1 aliphatic carbocycles. The lowest BCUT2D eigenvalue weighted by Gasteiger charge is -2.18. The number of nitrogen functional groups attached to an aromatic ring is 1. The van der Waals surface area contributed by atoms with Crippen LogP contribution < -0.4 is 11.1 Å². The number of hydrogen-bond donors (Lipinski definition) is 2. The summed E-state index contributed by atoms with van der Waals surface area (Å²) in [6.07, 6.45) is 8.31. The molecule has 0 aromatic carbocycles.